The fourth-order valence-corrected chi connectivity index (χ4v) is 0.239. The summed E-state index contributed by atoms with van der Waals surface area (Å²) >= 11 is 0. The molecule has 0 fully saturated rings. The van der Waals surface area contributed by atoms with E-state index >= 15 is 0 Å². The first-order valence-electron chi connectivity index (χ1n) is 2.21. The molecule has 2 N–H and O–H groups in total. The van der Waals surface area contributed by atoms with Crippen LogP contribution in [0, 0.1) is 0 Å². The second-order valence-corrected chi connectivity index (χ2v) is 1.38. The van der Waals surface area contributed by atoms with Gasteiger partial charge in [-0.2, -0.15) is 0 Å². The Morgan fingerprint density at radius 3 is 2.22 bits per heavy atom. The largest absolute Gasteiger partial charge is 0.468 e. The van der Waals surface area contributed by atoms with Crippen LogP contribution in [0.2, 0.25) is 0 Å². The van der Waals surface area contributed by atoms with Crippen LogP contribution in [0.25, 0.3) is 0 Å². The summed E-state index contributed by atoms with van der Waals surface area (Å²) in [6.07, 6.45) is -2.85. The lowest BCUT2D eigenvalue weighted by molar-refractivity contribution is -0.145. The third kappa shape index (κ3) is 2.36. The molecule has 1 atom stereocenters. The molecule has 5 heteroatoms. The summed E-state index contributed by atoms with van der Waals surface area (Å²) in [5, 5.41) is 0. The zero-order valence-corrected chi connectivity index (χ0v) is 4.80. The van der Waals surface area contributed by atoms with Crippen LogP contribution >= 0.6 is 0 Å². The highest BCUT2D eigenvalue weighted by atomic mass is 19.3. The molecule has 0 amide bonds. The Bertz CT molecular complexity index is 107. The number of carbonyl (C=O) groups excluding carboxylic acids is 1. The quantitative estimate of drug-likeness (QED) is 0.537. The molecule has 0 aliphatic rings. The van der Waals surface area contributed by atoms with Crippen molar-refractivity contribution in [3.05, 3.63) is 0 Å². The minimum Gasteiger partial charge on any atom is -0.468 e. The van der Waals surface area contributed by atoms with Crippen LogP contribution in [0.4, 0.5) is 8.78 Å². The molecule has 0 rings (SSSR count). The molecule has 0 aromatic rings. The number of hydrogen-bond donors (Lipinski definition) is 1. The predicted molar refractivity (Wildman–Crippen MR) is 26.0 cm³/mol. The fraction of sp³-hybridized carbons (Fsp3) is 0.750. The first kappa shape index (κ1) is 8.29. The topological polar surface area (TPSA) is 52.3 Å². The molecule has 0 bridgehead atoms. The van der Waals surface area contributed by atoms with Gasteiger partial charge in [-0.05, 0) is 0 Å². The van der Waals surface area contributed by atoms with Crippen molar-refractivity contribution in [3.63, 3.8) is 0 Å². The van der Waals surface area contributed by atoms with Crippen molar-refractivity contribution < 1.29 is 18.3 Å². The van der Waals surface area contributed by atoms with Crippen LogP contribution in [0.3, 0.4) is 0 Å². The number of methoxy groups -OCH3 is 1. The Kier molecular flexibility index (Phi) is 3.08. The third-order valence-electron chi connectivity index (χ3n) is 0.745. The van der Waals surface area contributed by atoms with Gasteiger partial charge in [0, 0.05) is 0 Å². The Morgan fingerprint density at radius 2 is 2.11 bits per heavy atom. The molecule has 0 saturated carbocycles. The highest BCUT2D eigenvalue weighted by Gasteiger charge is 2.23. The Morgan fingerprint density at radius 1 is 1.67 bits per heavy atom. The van der Waals surface area contributed by atoms with Gasteiger partial charge in [-0.1, -0.05) is 0 Å². The van der Waals surface area contributed by atoms with Crippen molar-refractivity contribution in [2.75, 3.05) is 7.11 Å². The predicted octanol–water partition coefficient (Wildman–Crippen LogP) is -0.248. The standard InChI is InChI=1S/C4H7F2NO2/c1-9-4(8)2(7)3(5)6/h2-3H,7H2,1H3/t2-/m0/s1. The molecule has 0 aliphatic carbocycles. The average Bonchev–Trinajstić information content (AvgIpc) is 1.84. The van der Waals surface area contributed by atoms with Gasteiger partial charge in [-0.3, -0.25) is 4.79 Å². The zero-order chi connectivity index (χ0) is 7.44. The van der Waals surface area contributed by atoms with E-state index in [2.05, 4.69) is 10.5 Å². The minimum absolute atomic E-state index is 1.00. The Labute approximate surface area is 50.8 Å². The van der Waals surface area contributed by atoms with E-state index in [1.807, 2.05) is 0 Å². The van der Waals surface area contributed by atoms with Crippen LogP contribution in [0.5, 0.6) is 0 Å². The van der Waals surface area contributed by atoms with Gasteiger partial charge in [0.15, 0.2) is 6.04 Å². The summed E-state index contributed by atoms with van der Waals surface area (Å²) in [4.78, 5) is 10.1. The van der Waals surface area contributed by atoms with E-state index in [1.165, 1.54) is 0 Å². The average molecular weight is 139 g/mol. The summed E-state index contributed by atoms with van der Waals surface area (Å²) < 4.78 is 26.8. The van der Waals surface area contributed by atoms with E-state index in [4.69, 9.17) is 0 Å². The molecule has 0 aliphatic heterocycles. The maximum atomic E-state index is 11.4. The maximum absolute atomic E-state index is 11.4. The van der Waals surface area contributed by atoms with Gasteiger partial charge in [-0.15, -0.1) is 0 Å². The van der Waals surface area contributed by atoms with Crippen molar-refractivity contribution in [2.24, 2.45) is 5.73 Å². The minimum atomic E-state index is -2.85. The fourth-order valence-electron chi connectivity index (χ4n) is 0.239. The second kappa shape index (κ2) is 3.34. The van der Waals surface area contributed by atoms with Gasteiger partial charge in [0.25, 0.3) is 6.43 Å². The van der Waals surface area contributed by atoms with E-state index in [0.29, 0.717) is 0 Å². The first-order chi connectivity index (χ1) is 4.09. The van der Waals surface area contributed by atoms with Gasteiger partial charge in [-0.25, -0.2) is 8.78 Å². The second-order valence-electron chi connectivity index (χ2n) is 1.38. The van der Waals surface area contributed by atoms with Crippen molar-refractivity contribution in [2.45, 2.75) is 12.5 Å². The monoisotopic (exact) mass is 139 g/mol. The molecule has 0 unspecified atom stereocenters. The molecular weight excluding hydrogens is 132 g/mol. The molecule has 0 aromatic heterocycles. The number of hydrogen-bond acceptors (Lipinski definition) is 3. The number of halogens is 2. The van der Waals surface area contributed by atoms with Gasteiger partial charge in [0.05, 0.1) is 7.11 Å². The van der Waals surface area contributed by atoms with Gasteiger partial charge in [0.2, 0.25) is 0 Å². The summed E-state index contributed by atoms with van der Waals surface area (Å²) in [5.74, 6) is -1.09. The van der Waals surface area contributed by atoms with Crippen molar-refractivity contribution in [3.8, 4) is 0 Å². The van der Waals surface area contributed by atoms with E-state index in [-0.39, 0.29) is 0 Å². The lowest BCUT2D eigenvalue weighted by atomic mass is 10.3. The van der Waals surface area contributed by atoms with Crippen molar-refractivity contribution in [1.29, 1.82) is 0 Å². The molecule has 0 aromatic carbocycles. The lowest BCUT2D eigenvalue weighted by Crippen LogP contribution is -2.38. The summed E-state index contributed by atoms with van der Waals surface area (Å²) in [6.45, 7) is 0. The molecule has 0 heterocycles. The van der Waals surface area contributed by atoms with Gasteiger partial charge < -0.3 is 10.5 Å². The summed E-state index contributed by atoms with van der Waals surface area (Å²) in [6, 6.07) is -1.81. The highest BCUT2D eigenvalue weighted by Crippen LogP contribution is 1.98. The number of alkyl halides is 2. The number of rotatable bonds is 2. The smallest absolute Gasteiger partial charge is 0.328 e. The first-order valence-corrected chi connectivity index (χ1v) is 2.21. The van der Waals surface area contributed by atoms with E-state index in [1.54, 1.807) is 0 Å². The lowest BCUT2D eigenvalue weighted by Gasteiger charge is -2.05. The third-order valence-corrected chi connectivity index (χ3v) is 0.745. The number of carbonyl (C=O) groups is 1. The molecular formula is C4H7F2NO2. The van der Waals surface area contributed by atoms with Gasteiger partial charge >= 0.3 is 5.97 Å². The van der Waals surface area contributed by atoms with Crippen LogP contribution < -0.4 is 5.73 Å². The van der Waals surface area contributed by atoms with E-state index in [9.17, 15) is 13.6 Å². The van der Waals surface area contributed by atoms with Crippen LogP contribution in [0.1, 0.15) is 0 Å². The molecule has 9 heavy (non-hydrogen) atoms. The molecule has 54 valence electrons. The van der Waals surface area contributed by atoms with E-state index in [0.717, 1.165) is 7.11 Å². The maximum Gasteiger partial charge on any atom is 0.328 e. The Balaban J connectivity index is 3.72. The molecule has 3 nitrogen and oxygen atoms in total. The number of ether oxygens (including phenoxy) is 1. The number of esters is 1. The van der Waals surface area contributed by atoms with Crippen LogP contribution in [0.15, 0.2) is 0 Å². The van der Waals surface area contributed by atoms with Crippen molar-refractivity contribution in [1.82, 2.24) is 0 Å². The SMILES string of the molecule is COC(=O)[C@@H](N)C(F)F. The zero-order valence-electron chi connectivity index (χ0n) is 4.80. The van der Waals surface area contributed by atoms with Gasteiger partial charge in [0.1, 0.15) is 0 Å². The number of nitrogens with two attached hydrogens (primary N) is 1. The molecule has 0 spiro atoms. The summed E-state index contributed by atoms with van der Waals surface area (Å²) in [5.41, 5.74) is 4.65. The Hall–Kier alpha value is -0.710. The summed E-state index contributed by atoms with van der Waals surface area (Å²) in [7, 11) is 1.00. The van der Waals surface area contributed by atoms with Crippen LogP contribution in [-0.2, 0) is 9.53 Å². The van der Waals surface area contributed by atoms with Crippen molar-refractivity contribution >= 4 is 5.97 Å². The van der Waals surface area contributed by atoms with Crippen LogP contribution in [-0.4, -0.2) is 25.5 Å². The molecule has 0 radical (unpaired) electrons. The highest BCUT2D eigenvalue weighted by molar-refractivity contribution is 5.75. The molecule has 0 saturated heterocycles. The normalized spacial score (nSPS) is 13.4. The van der Waals surface area contributed by atoms with E-state index < -0.39 is 18.4 Å².